The van der Waals surface area contributed by atoms with Crippen molar-refractivity contribution in [3.8, 4) is 16.9 Å². The molecule has 1 aromatic heterocycles. The maximum absolute atomic E-state index is 13.0. The molecular formula is C14H6F9NO. The molecule has 0 aliphatic rings. The Morgan fingerprint density at radius 2 is 1.36 bits per heavy atom. The number of para-hydroxylation sites is 1. The standard InChI is InChI=1S/C14H6F9NO/c15-12(16,17)9-6-24-11(13(18,19)20)5-8(9)7-3-1-2-4-10(7)25-14(21,22)23/h1-6H. The third kappa shape index (κ3) is 4.54. The minimum atomic E-state index is -5.24. The lowest BCUT2D eigenvalue weighted by Crippen LogP contribution is -2.18. The van der Waals surface area contributed by atoms with Crippen molar-refractivity contribution < 1.29 is 44.3 Å². The van der Waals surface area contributed by atoms with E-state index in [2.05, 4.69) is 9.72 Å². The first-order chi connectivity index (χ1) is 11.3. The van der Waals surface area contributed by atoms with E-state index in [1.807, 2.05) is 0 Å². The molecule has 0 saturated carbocycles. The molecule has 136 valence electrons. The van der Waals surface area contributed by atoms with Crippen molar-refractivity contribution in [2.75, 3.05) is 0 Å². The summed E-state index contributed by atoms with van der Waals surface area (Å²) in [5.41, 5.74) is -5.24. The first-order valence-electron chi connectivity index (χ1n) is 6.28. The van der Waals surface area contributed by atoms with Crippen LogP contribution in [-0.4, -0.2) is 11.3 Å². The van der Waals surface area contributed by atoms with Gasteiger partial charge in [0.05, 0.1) is 5.56 Å². The zero-order valence-electron chi connectivity index (χ0n) is 11.7. The average Bonchev–Trinajstić information content (AvgIpc) is 2.43. The van der Waals surface area contributed by atoms with Crippen molar-refractivity contribution in [1.29, 1.82) is 0 Å². The number of hydrogen-bond acceptors (Lipinski definition) is 2. The van der Waals surface area contributed by atoms with Gasteiger partial charge in [-0.25, -0.2) is 0 Å². The Hall–Kier alpha value is -2.46. The number of hydrogen-bond donors (Lipinski definition) is 0. The molecule has 0 aliphatic carbocycles. The average molecular weight is 375 g/mol. The number of rotatable bonds is 2. The molecule has 0 spiro atoms. The summed E-state index contributed by atoms with van der Waals surface area (Å²) in [6.45, 7) is 0. The second-order valence-electron chi connectivity index (χ2n) is 4.65. The van der Waals surface area contributed by atoms with Crippen LogP contribution >= 0.6 is 0 Å². The fraction of sp³-hybridized carbons (Fsp3) is 0.214. The molecule has 0 saturated heterocycles. The summed E-state index contributed by atoms with van der Waals surface area (Å²) in [5.74, 6) is -1.07. The van der Waals surface area contributed by atoms with Gasteiger partial charge in [0.25, 0.3) is 0 Å². The maximum atomic E-state index is 13.0. The van der Waals surface area contributed by atoms with Gasteiger partial charge in [-0.2, -0.15) is 26.3 Å². The van der Waals surface area contributed by atoms with E-state index in [4.69, 9.17) is 0 Å². The fourth-order valence-electron chi connectivity index (χ4n) is 1.96. The van der Waals surface area contributed by atoms with Gasteiger partial charge < -0.3 is 4.74 Å². The van der Waals surface area contributed by atoms with E-state index >= 15 is 0 Å². The smallest absolute Gasteiger partial charge is 0.405 e. The number of ether oxygens (including phenoxy) is 1. The van der Waals surface area contributed by atoms with Crippen molar-refractivity contribution in [2.24, 2.45) is 0 Å². The van der Waals surface area contributed by atoms with E-state index in [9.17, 15) is 39.5 Å². The van der Waals surface area contributed by atoms with E-state index in [0.717, 1.165) is 18.2 Å². The highest BCUT2D eigenvalue weighted by Crippen LogP contribution is 2.43. The second kappa shape index (κ2) is 6.12. The van der Waals surface area contributed by atoms with Crippen molar-refractivity contribution in [2.45, 2.75) is 18.7 Å². The molecule has 0 unspecified atom stereocenters. The molecule has 1 aromatic carbocycles. The highest BCUT2D eigenvalue weighted by atomic mass is 19.4. The molecule has 25 heavy (non-hydrogen) atoms. The molecule has 11 heteroatoms. The lowest BCUT2D eigenvalue weighted by molar-refractivity contribution is -0.274. The summed E-state index contributed by atoms with van der Waals surface area (Å²) in [5, 5.41) is 0. The van der Waals surface area contributed by atoms with Gasteiger partial charge in [0, 0.05) is 17.3 Å². The van der Waals surface area contributed by atoms with Crippen molar-refractivity contribution >= 4 is 0 Å². The van der Waals surface area contributed by atoms with E-state index in [1.165, 1.54) is 0 Å². The van der Waals surface area contributed by atoms with Gasteiger partial charge in [0.2, 0.25) is 0 Å². The number of pyridine rings is 1. The van der Waals surface area contributed by atoms with Crippen LogP contribution in [0.4, 0.5) is 39.5 Å². The molecule has 0 amide bonds. The lowest BCUT2D eigenvalue weighted by atomic mass is 9.99. The van der Waals surface area contributed by atoms with Crippen molar-refractivity contribution in [3.63, 3.8) is 0 Å². The molecule has 0 bridgehead atoms. The molecule has 1 heterocycles. The van der Waals surface area contributed by atoms with Crippen LogP contribution in [0.3, 0.4) is 0 Å². The summed E-state index contributed by atoms with van der Waals surface area (Å²) >= 11 is 0. The van der Waals surface area contributed by atoms with Gasteiger partial charge in [-0.05, 0) is 12.1 Å². The largest absolute Gasteiger partial charge is 0.573 e. The summed E-state index contributed by atoms with van der Waals surface area (Å²) < 4.78 is 118. The molecule has 0 fully saturated rings. The number of halogens is 9. The quantitative estimate of drug-likeness (QED) is 0.630. The molecule has 2 aromatic rings. The first kappa shape index (κ1) is 18.9. The highest BCUT2D eigenvalue weighted by molar-refractivity contribution is 5.74. The summed E-state index contributed by atoms with van der Waals surface area (Å²) in [6, 6.07) is 3.60. The van der Waals surface area contributed by atoms with Crippen LogP contribution in [0.1, 0.15) is 11.3 Å². The third-order valence-corrected chi connectivity index (χ3v) is 2.90. The Balaban J connectivity index is 2.73. The molecule has 2 nitrogen and oxygen atoms in total. The van der Waals surface area contributed by atoms with Gasteiger partial charge >= 0.3 is 18.7 Å². The maximum Gasteiger partial charge on any atom is 0.573 e. The predicted octanol–water partition coefficient (Wildman–Crippen LogP) is 5.68. The Kier molecular flexibility index (Phi) is 4.62. The lowest BCUT2D eigenvalue weighted by Gasteiger charge is -2.18. The number of nitrogens with zero attached hydrogens (tertiary/aromatic N) is 1. The summed E-state index contributed by atoms with van der Waals surface area (Å²) in [6.07, 6.45) is -15.5. The van der Waals surface area contributed by atoms with Crippen LogP contribution in [0, 0.1) is 0 Å². The van der Waals surface area contributed by atoms with E-state index in [-0.39, 0.29) is 12.3 Å². The zero-order valence-corrected chi connectivity index (χ0v) is 11.7. The Bertz CT molecular complexity index is 762. The van der Waals surface area contributed by atoms with Crippen LogP contribution in [0.2, 0.25) is 0 Å². The topological polar surface area (TPSA) is 22.1 Å². The van der Waals surface area contributed by atoms with Gasteiger partial charge in [-0.15, -0.1) is 13.2 Å². The fourth-order valence-corrected chi connectivity index (χ4v) is 1.96. The van der Waals surface area contributed by atoms with Gasteiger partial charge in [-0.3, -0.25) is 4.98 Å². The van der Waals surface area contributed by atoms with E-state index in [0.29, 0.717) is 6.07 Å². The van der Waals surface area contributed by atoms with Crippen LogP contribution in [0.25, 0.3) is 11.1 Å². The normalized spacial score (nSPS) is 13.0. The number of alkyl halides is 9. The molecule has 2 rings (SSSR count). The molecule has 0 aliphatic heterocycles. The first-order valence-corrected chi connectivity index (χ1v) is 6.28. The highest BCUT2D eigenvalue weighted by Gasteiger charge is 2.40. The zero-order chi connectivity index (χ0) is 19.0. The van der Waals surface area contributed by atoms with Crippen molar-refractivity contribution in [1.82, 2.24) is 4.98 Å². The second-order valence-corrected chi connectivity index (χ2v) is 4.65. The molecular weight excluding hydrogens is 369 g/mol. The SMILES string of the molecule is FC(F)(F)Oc1ccccc1-c1cc(C(F)(F)F)ncc1C(F)(F)F. The number of aromatic nitrogens is 1. The van der Waals surface area contributed by atoms with Crippen LogP contribution < -0.4 is 4.74 Å². The van der Waals surface area contributed by atoms with Gasteiger partial charge in [0.1, 0.15) is 11.4 Å². The van der Waals surface area contributed by atoms with Crippen LogP contribution in [0.5, 0.6) is 5.75 Å². The Morgan fingerprint density at radius 3 is 1.88 bits per heavy atom. The predicted molar refractivity (Wildman–Crippen MR) is 66.4 cm³/mol. The minimum absolute atomic E-state index is 0.0292. The molecule has 0 radical (unpaired) electrons. The monoisotopic (exact) mass is 375 g/mol. The van der Waals surface area contributed by atoms with Crippen LogP contribution in [0.15, 0.2) is 36.5 Å². The minimum Gasteiger partial charge on any atom is -0.405 e. The molecule has 0 atom stereocenters. The summed E-state index contributed by atoms with van der Waals surface area (Å²) in [4.78, 5) is 2.70. The Labute approximate surface area is 133 Å². The van der Waals surface area contributed by atoms with E-state index < -0.39 is 46.8 Å². The van der Waals surface area contributed by atoms with Gasteiger partial charge in [-0.1, -0.05) is 18.2 Å². The van der Waals surface area contributed by atoms with Crippen LogP contribution in [-0.2, 0) is 12.4 Å². The molecule has 0 N–H and O–H groups in total. The van der Waals surface area contributed by atoms with Crippen molar-refractivity contribution in [3.05, 3.63) is 47.8 Å². The van der Waals surface area contributed by atoms with E-state index in [1.54, 1.807) is 0 Å². The summed E-state index contributed by atoms with van der Waals surface area (Å²) in [7, 11) is 0. The Morgan fingerprint density at radius 1 is 0.760 bits per heavy atom. The number of benzene rings is 1. The third-order valence-electron chi connectivity index (χ3n) is 2.90. The van der Waals surface area contributed by atoms with Gasteiger partial charge in [0.15, 0.2) is 0 Å².